The molecule has 0 amide bonds. The number of nitrogens with two attached hydrogens (primary N) is 1. The third-order valence-corrected chi connectivity index (χ3v) is 4.54. The van der Waals surface area contributed by atoms with E-state index in [4.69, 9.17) is 5.73 Å². The van der Waals surface area contributed by atoms with Crippen molar-refractivity contribution in [1.82, 2.24) is 19.4 Å². The van der Waals surface area contributed by atoms with Crippen LogP contribution < -0.4 is 5.73 Å². The first-order valence-electron chi connectivity index (χ1n) is 7.00. The maximum Gasteiger partial charge on any atom is 0.0951 e. The molecular weight excluding hydrogens is 250 g/mol. The molecule has 0 bridgehead atoms. The molecule has 2 heterocycles. The van der Waals surface area contributed by atoms with Crippen molar-refractivity contribution >= 4 is 5.69 Å². The Morgan fingerprint density at radius 1 is 1.30 bits per heavy atom. The highest BCUT2D eigenvalue weighted by Gasteiger charge is 2.39. The molecule has 20 heavy (non-hydrogen) atoms. The minimum Gasteiger partial charge on any atom is -0.398 e. The number of nitrogen functional groups attached to an aromatic ring is 1. The lowest BCUT2D eigenvalue weighted by atomic mass is 9.75. The van der Waals surface area contributed by atoms with Crippen LogP contribution in [0.25, 0.3) is 11.3 Å². The summed E-state index contributed by atoms with van der Waals surface area (Å²) in [7, 11) is 4.32. The Balaban J connectivity index is 1.93. The van der Waals surface area contributed by atoms with Crippen molar-refractivity contribution in [3.63, 3.8) is 0 Å². The zero-order chi connectivity index (χ0) is 14.2. The molecule has 2 aromatic rings. The fraction of sp³-hybridized carbons (Fsp3) is 0.467. The average molecular weight is 271 g/mol. The van der Waals surface area contributed by atoms with Gasteiger partial charge in [-0.3, -0.25) is 4.98 Å². The summed E-state index contributed by atoms with van der Waals surface area (Å²) < 4.78 is 2.20. The Morgan fingerprint density at radius 2 is 2.10 bits per heavy atom. The molecule has 1 aliphatic rings. The fourth-order valence-corrected chi connectivity index (χ4v) is 2.94. The number of anilines is 1. The third kappa shape index (κ3) is 2.08. The summed E-state index contributed by atoms with van der Waals surface area (Å²) in [4.78, 5) is 10.8. The first kappa shape index (κ1) is 13.1. The van der Waals surface area contributed by atoms with Crippen molar-refractivity contribution in [3.05, 3.63) is 31.0 Å². The normalized spacial score (nSPS) is 17.1. The molecule has 3 rings (SSSR count). The minimum atomic E-state index is 0.256. The number of likely N-dealkylation sites (N-methyl/N-ethyl adjacent to an activating group) is 1. The highest BCUT2D eigenvalue weighted by Crippen LogP contribution is 2.38. The lowest BCUT2D eigenvalue weighted by molar-refractivity contribution is 0.0428. The van der Waals surface area contributed by atoms with E-state index in [0.29, 0.717) is 0 Å². The molecule has 2 N–H and O–H groups in total. The number of pyridine rings is 1. The molecule has 5 heteroatoms. The summed E-state index contributed by atoms with van der Waals surface area (Å²) in [5.41, 5.74) is 9.06. The molecule has 0 spiro atoms. The highest BCUT2D eigenvalue weighted by molar-refractivity contribution is 5.72. The topological polar surface area (TPSA) is 60.0 Å². The van der Waals surface area contributed by atoms with Crippen LogP contribution >= 0.6 is 0 Å². The number of rotatable bonds is 4. The van der Waals surface area contributed by atoms with Crippen molar-refractivity contribution in [2.75, 3.05) is 19.8 Å². The van der Waals surface area contributed by atoms with Crippen molar-refractivity contribution in [1.29, 1.82) is 0 Å². The predicted octanol–water partition coefficient (Wildman–Crippen LogP) is 2.01. The van der Waals surface area contributed by atoms with Crippen LogP contribution in [0.2, 0.25) is 0 Å². The second kappa shape index (κ2) is 4.90. The molecule has 106 valence electrons. The molecule has 1 fully saturated rings. The van der Waals surface area contributed by atoms with E-state index < -0.39 is 0 Å². The van der Waals surface area contributed by atoms with Crippen LogP contribution in [0.4, 0.5) is 5.69 Å². The van der Waals surface area contributed by atoms with Gasteiger partial charge in [-0.2, -0.15) is 0 Å². The summed E-state index contributed by atoms with van der Waals surface area (Å²) in [5.74, 6) is 0. The van der Waals surface area contributed by atoms with Crippen LogP contribution in [-0.4, -0.2) is 39.1 Å². The minimum absolute atomic E-state index is 0.256. The van der Waals surface area contributed by atoms with Gasteiger partial charge in [0, 0.05) is 35.7 Å². The van der Waals surface area contributed by atoms with E-state index in [1.54, 1.807) is 6.20 Å². The van der Waals surface area contributed by atoms with Gasteiger partial charge in [0.15, 0.2) is 0 Å². The lowest BCUT2D eigenvalue weighted by Crippen LogP contribution is -2.53. The summed E-state index contributed by atoms with van der Waals surface area (Å²) in [6, 6.07) is 1.83. The van der Waals surface area contributed by atoms with E-state index >= 15 is 0 Å². The van der Waals surface area contributed by atoms with Crippen LogP contribution in [0.15, 0.2) is 31.0 Å². The maximum atomic E-state index is 6.06. The lowest BCUT2D eigenvalue weighted by Gasteiger charge is -2.47. The summed E-state index contributed by atoms with van der Waals surface area (Å²) in [6.45, 7) is 0.948. The van der Waals surface area contributed by atoms with E-state index in [0.717, 1.165) is 23.5 Å². The second-order valence-electron chi connectivity index (χ2n) is 5.84. The van der Waals surface area contributed by atoms with Crippen molar-refractivity contribution in [3.8, 4) is 11.3 Å². The van der Waals surface area contributed by atoms with Crippen molar-refractivity contribution in [2.24, 2.45) is 0 Å². The quantitative estimate of drug-likeness (QED) is 0.924. The van der Waals surface area contributed by atoms with E-state index in [1.807, 2.05) is 24.8 Å². The van der Waals surface area contributed by atoms with Crippen LogP contribution in [0.1, 0.15) is 19.3 Å². The zero-order valence-electron chi connectivity index (χ0n) is 12.1. The molecule has 0 atom stereocenters. The number of nitrogens with zero attached hydrogens (tertiary/aromatic N) is 4. The summed E-state index contributed by atoms with van der Waals surface area (Å²) >= 11 is 0. The Labute approximate surface area is 119 Å². The Bertz CT molecular complexity index is 598. The van der Waals surface area contributed by atoms with Gasteiger partial charge in [-0.25, -0.2) is 4.98 Å². The smallest absolute Gasteiger partial charge is 0.0951 e. The maximum absolute atomic E-state index is 6.06. The van der Waals surface area contributed by atoms with Gasteiger partial charge in [0.05, 0.1) is 18.2 Å². The Morgan fingerprint density at radius 3 is 2.70 bits per heavy atom. The molecule has 1 saturated carbocycles. The largest absolute Gasteiger partial charge is 0.398 e. The number of aromatic nitrogens is 3. The Hall–Kier alpha value is -1.88. The molecule has 2 aromatic heterocycles. The molecule has 0 radical (unpaired) electrons. The van der Waals surface area contributed by atoms with Gasteiger partial charge < -0.3 is 15.2 Å². The monoisotopic (exact) mass is 271 g/mol. The average Bonchev–Trinajstić information content (AvgIpc) is 2.81. The second-order valence-corrected chi connectivity index (χ2v) is 5.84. The fourth-order valence-electron chi connectivity index (χ4n) is 2.94. The first-order chi connectivity index (χ1) is 9.62. The molecule has 1 aliphatic carbocycles. The summed E-state index contributed by atoms with van der Waals surface area (Å²) in [5, 5.41) is 0. The zero-order valence-corrected chi connectivity index (χ0v) is 12.1. The Kier molecular flexibility index (Phi) is 3.22. The molecule has 0 aliphatic heterocycles. The van der Waals surface area contributed by atoms with E-state index in [-0.39, 0.29) is 5.54 Å². The van der Waals surface area contributed by atoms with Crippen molar-refractivity contribution in [2.45, 2.75) is 31.3 Å². The van der Waals surface area contributed by atoms with E-state index in [9.17, 15) is 0 Å². The molecule has 5 nitrogen and oxygen atoms in total. The van der Waals surface area contributed by atoms with Crippen LogP contribution in [0.3, 0.4) is 0 Å². The van der Waals surface area contributed by atoms with Gasteiger partial charge in [0.1, 0.15) is 0 Å². The van der Waals surface area contributed by atoms with E-state index in [2.05, 4.69) is 33.5 Å². The number of hydrogen-bond acceptors (Lipinski definition) is 4. The van der Waals surface area contributed by atoms with Gasteiger partial charge in [-0.1, -0.05) is 0 Å². The molecule has 0 aromatic carbocycles. The standard InChI is InChI=1S/C15H21N5/c1-19(2)15(5-3-6-15)10-20-11-18-9-14(20)12-8-17-7-4-13(12)16/h4,7-9,11H,3,5-6,10H2,1-2H3,(H2,16,17). The molecule has 0 unspecified atom stereocenters. The van der Waals surface area contributed by atoms with Crippen LogP contribution in [0.5, 0.6) is 0 Å². The van der Waals surface area contributed by atoms with Gasteiger partial charge in [-0.15, -0.1) is 0 Å². The third-order valence-electron chi connectivity index (χ3n) is 4.54. The molecule has 0 saturated heterocycles. The van der Waals surface area contributed by atoms with Gasteiger partial charge in [0.25, 0.3) is 0 Å². The van der Waals surface area contributed by atoms with E-state index in [1.165, 1.54) is 19.3 Å². The van der Waals surface area contributed by atoms with Gasteiger partial charge >= 0.3 is 0 Å². The first-order valence-corrected chi connectivity index (χ1v) is 7.00. The predicted molar refractivity (Wildman–Crippen MR) is 80.1 cm³/mol. The number of hydrogen-bond donors (Lipinski definition) is 1. The highest BCUT2D eigenvalue weighted by atomic mass is 15.2. The summed E-state index contributed by atoms with van der Waals surface area (Å²) in [6.07, 6.45) is 11.1. The van der Waals surface area contributed by atoms with Gasteiger partial charge in [-0.05, 0) is 39.4 Å². The molecular formula is C15H21N5. The SMILES string of the molecule is CN(C)C1(Cn2cncc2-c2cnccc2N)CCC1. The van der Waals surface area contributed by atoms with Crippen molar-refractivity contribution < 1.29 is 0 Å². The van der Waals surface area contributed by atoms with Crippen LogP contribution in [0, 0.1) is 0 Å². The van der Waals surface area contributed by atoms with Crippen LogP contribution in [-0.2, 0) is 6.54 Å². The van der Waals surface area contributed by atoms with Gasteiger partial charge in [0.2, 0.25) is 0 Å². The number of imidazole rings is 1.